The smallest absolute Gasteiger partial charge is 0.226 e. The summed E-state index contributed by atoms with van der Waals surface area (Å²) >= 11 is 7.51. The minimum absolute atomic E-state index is 0.0131. The highest BCUT2D eigenvalue weighted by Gasteiger charge is 2.38. The monoisotopic (exact) mass is 514 g/mol. The summed E-state index contributed by atoms with van der Waals surface area (Å²) in [5.41, 5.74) is 0.277. The number of hydrogen-bond acceptors (Lipinski definition) is 7. The van der Waals surface area contributed by atoms with Gasteiger partial charge in [-0.1, -0.05) is 25.4 Å². The Labute approximate surface area is 203 Å². The zero-order chi connectivity index (χ0) is 23.9. The van der Waals surface area contributed by atoms with Gasteiger partial charge in [0.2, 0.25) is 11.0 Å². The van der Waals surface area contributed by atoms with Crippen LogP contribution in [0.5, 0.6) is 0 Å². The molecule has 180 valence electrons. The first-order chi connectivity index (χ1) is 15.5. The predicted octanol–water partition coefficient (Wildman–Crippen LogP) is 3.92. The van der Waals surface area contributed by atoms with Gasteiger partial charge >= 0.3 is 0 Å². The van der Waals surface area contributed by atoms with Crippen molar-refractivity contribution in [3.8, 4) is 0 Å². The number of piperidine rings is 1. The number of aromatic nitrogens is 2. The van der Waals surface area contributed by atoms with Gasteiger partial charge in [-0.25, -0.2) is 17.8 Å². The van der Waals surface area contributed by atoms with Crippen molar-refractivity contribution in [3.63, 3.8) is 0 Å². The summed E-state index contributed by atoms with van der Waals surface area (Å²) in [6.07, 6.45) is 3.58. The van der Waals surface area contributed by atoms with Crippen molar-refractivity contribution in [2.24, 2.45) is 5.92 Å². The number of likely N-dealkylation sites (tertiary alicyclic amines) is 1. The van der Waals surface area contributed by atoms with Crippen molar-refractivity contribution in [2.45, 2.75) is 56.4 Å². The molecule has 0 saturated carbocycles. The number of anilines is 1. The van der Waals surface area contributed by atoms with Crippen molar-refractivity contribution < 1.29 is 17.6 Å². The lowest BCUT2D eigenvalue weighted by atomic mass is 9.97. The van der Waals surface area contributed by atoms with Crippen LogP contribution in [0.15, 0.2) is 17.0 Å². The number of amides is 1. The number of sulfone groups is 1. The van der Waals surface area contributed by atoms with Crippen molar-refractivity contribution >= 4 is 44.0 Å². The van der Waals surface area contributed by atoms with E-state index in [0.29, 0.717) is 18.9 Å². The minimum atomic E-state index is -3.62. The van der Waals surface area contributed by atoms with Gasteiger partial charge in [-0.2, -0.15) is 4.37 Å². The van der Waals surface area contributed by atoms with E-state index in [9.17, 15) is 17.6 Å². The summed E-state index contributed by atoms with van der Waals surface area (Å²) in [6, 6.07) is 2.46. The summed E-state index contributed by atoms with van der Waals surface area (Å²) in [7, 11) is -3.62. The highest BCUT2D eigenvalue weighted by Crippen LogP contribution is 2.32. The van der Waals surface area contributed by atoms with Crippen LogP contribution in [0.4, 0.5) is 9.52 Å². The molecule has 2 aliphatic heterocycles. The van der Waals surface area contributed by atoms with E-state index in [4.69, 9.17) is 11.6 Å². The number of carbonyl (C=O) groups is 1. The Morgan fingerprint density at radius 3 is 2.52 bits per heavy atom. The maximum absolute atomic E-state index is 14.6. The summed E-state index contributed by atoms with van der Waals surface area (Å²) in [4.78, 5) is 21.7. The third kappa shape index (κ3) is 5.17. The number of halogens is 2. The van der Waals surface area contributed by atoms with Crippen LogP contribution in [-0.2, 0) is 21.1 Å². The average Bonchev–Trinajstić information content (AvgIpc) is 3.38. The third-order valence-corrected chi connectivity index (χ3v) is 8.79. The molecule has 4 rings (SSSR count). The van der Waals surface area contributed by atoms with Gasteiger partial charge in [-0.3, -0.25) is 4.79 Å². The molecule has 0 aliphatic carbocycles. The molecule has 7 nitrogen and oxygen atoms in total. The first-order valence-electron chi connectivity index (χ1n) is 11.1. The normalized spacial score (nSPS) is 20.3. The highest BCUT2D eigenvalue weighted by molar-refractivity contribution is 7.90. The zero-order valence-corrected chi connectivity index (χ0v) is 21.3. The van der Waals surface area contributed by atoms with Crippen LogP contribution >= 0.6 is 23.1 Å². The molecule has 33 heavy (non-hydrogen) atoms. The molecule has 0 N–H and O–H groups in total. The van der Waals surface area contributed by atoms with E-state index in [2.05, 4.69) is 28.1 Å². The summed E-state index contributed by atoms with van der Waals surface area (Å²) < 4.78 is 42.5. The Morgan fingerprint density at radius 2 is 1.91 bits per heavy atom. The Hall–Kier alpha value is -1.78. The SMILES string of the molecule is CC(C)c1nsc(N2CCC(N3CC[C@H](Cc4cc(Cl)c(S(C)(=O)=O)cc4F)C3=O)CC2)n1. The molecule has 1 aromatic carbocycles. The summed E-state index contributed by atoms with van der Waals surface area (Å²) in [6.45, 7) is 6.45. The van der Waals surface area contributed by atoms with Crippen molar-refractivity contribution in [1.29, 1.82) is 0 Å². The van der Waals surface area contributed by atoms with Crippen LogP contribution < -0.4 is 4.90 Å². The van der Waals surface area contributed by atoms with Gasteiger partial charge in [0.05, 0.1) is 9.92 Å². The molecular formula is C22H28ClFN4O3S2. The van der Waals surface area contributed by atoms with E-state index in [1.54, 1.807) is 0 Å². The second-order valence-electron chi connectivity index (χ2n) is 9.18. The lowest BCUT2D eigenvalue weighted by Crippen LogP contribution is -2.46. The molecule has 1 amide bonds. The second kappa shape index (κ2) is 9.46. The van der Waals surface area contributed by atoms with Gasteiger partial charge in [0, 0.05) is 55.3 Å². The Morgan fingerprint density at radius 1 is 1.21 bits per heavy atom. The maximum Gasteiger partial charge on any atom is 0.226 e. The Balaban J connectivity index is 1.37. The summed E-state index contributed by atoms with van der Waals surface area (Å²) in [5.74, 6) is 0.237. The fourth-order valence-electron chi connectivity index (χ4n) is 4.55. The molecule has 0 spiro atoms. The van der Waals surface area contributed by atoms with Gasteiger partial charge < -0.3 is 9.80 Å². The number of carbonyl (C=O) groups excluding carboxylic acids is 1. The molecule has 11 heteroatoms. The zero-order valence-electron chi connectivity index (χ0n) is 18.9. The van der Waals surface area contributed by atoms with Crippen molar-refractivity contribution in [3.05, 3.63) is 34.4 Å². The largest absolute Gasteiger partial charge is 0.347 e. The van der Waals surface area contributed by atoms with Crippen LogP contribution in [0.2, 0.25) is 5.02 Å². The van der Waals surface area contributed by atoms with E-state index in [-0.39, 0.29) is 39.8 Å². The first-order valence-corrected chi connectivity index (χ1v) is 14.2. The van der Waals surface area contributed by atoms with E-state index < -0.39 is 15.7 Å². The van der Waals surface area contributed by atoms with Crippen molar-refractivity contribution in [2.75, 3.05) is 30.8 Å². The van der Waals surface area contributed by atoms with Gasteiger partial charge in [0.15, 0.2) is 9.84 Å². The number of hydrogen-bond donors (Lipinski definition) is 0. The van der Waals surface area contributed by atoms with Gasteiger partial charge in [-0.05, 0) is 43.4 Å². The maximum atomic E-state index is 14.6. The van der Waals surface area contributed by atoms with E-state index >= 15 is 0 Å². The van der Waals surface area contributed by atoms with Gasteiger partial charge in [-0.15, -0.1) is 0 Å². The molecular weight excluding hydrogens is 487 g/mol. The number of nitrogens with zero attached hydrogens (tertiary/aromatic N) is 4. The van der Waals surface area contributed by atoms with Crippen LogP contribution in [0.25, 0.3) is 0 Å². The fraction of sp³-hybridized carbons (Fsp3) is 0.591. The molecule has 1 aromatic heterocycles. The molecule has 0 radical (unpaired) electrons. The lowest BCUT2D eigenvalue weighted by Gasteiger charge is -2.36. The molecule has 0 unspecified atom stereocenters. The third-order valence-electron chi connectivity index (χ3n) is 6.44. The van der Waals surface area contributed by atoms with Gasteiger partial charge in [0.25, 0.3) is 0 Å². The standard InChI is InChI=1S/C22H28ClFN4O3S2/c1-13(2)20-25-22(32-26-20)27-7-5-16(6-8-27)28-9-4-14(21(28)29)10-15-11-17(23)19(12-18(15)24)33(3,30)31/h11-14,16H,4-10H2,1-3H3/t14-/m1/s1. The lowest BCUT2D eigenvalue weighted by molar-refractivity contribution is -0.133. The van der Waals surface area contributed by atoms with Crippen LogP contribution in [0, 0.1) is 11.7 Å². The molecule has 2 aromatic rings. The first kappa shape index (κ1) is 24.3. The molecule has 1 atom stereocenters. The number of benzene rings is 1. The molecule has 2 aliphatic rings. The second-order valence-corrected chi connectivity index (χ2v) is 12.3. The van der Waals surface area contributed by atoms with E-state index in [1.807, 2.05) is 4.90 Å². The van der Waals surface area contributed by atoms with Crippen LogP contribution in [-0.4, -0.2) is 60.5 Å². The molecule has 0 bridgehead atoms. The summed E-state index contributed by atoms with van der Waals surface area (Å²) in [5, 5.41) is 0.925. The topological polar surface area (TPSA) is 83.5 Å². The Bertz CT molecular complexity index is 1150. The molecule has 3 heterocycles. The van der Waals surface area contributed by atoms with E-state index in [1.165, 1.54) is 17.6 Å². The quantitative estimate of drug-likeness (QED) is 0.581. The minimum Gasteiger partial charge on any atom is -0.347 e. The molecule has 2 fully saturated rings. The Kier molecular flexibility index (Phi) is 6.98. The van der Waals surface area contributed by atoms with Crippen LogP contribution in [0.1, 0.15) is 50.4 Å². The molecule has 2 saturated heterocycles. The predicted molar refractivity (Wildman–Crippen MR) is 127 cm³/mol. The van der Waals surface area contributed by atoms with Crippen LogP contribution in [0.3, 0.4) is 0 Å². The van der Waals surface area contributed by atoms with Crippen molar-refractivity contribution in [1.82, 2.24) is 14.3 Å². The van der Waals surface area contributed by atoms with Gasteiger partial charge in [0.1, 0.15) is 11.6 Å². The average molecular weight is 515 g/mol. The van der Waals surface area contributed by atoms with E-state index in [0.717, 1.165) is 49.2 Å². The fourth-order valence-corrected chi connectivity index (χ4v) is 6.75. The number of rotatable bonds is 6. The highest BCUT2D eigenvalue weighted by atomic mass is 35.5.